The summed E-state index contributed by atoms with van der Waals surface area (Å²) in [7, 11) is 0. The van der Waals surface area contributed by atoms with Gasteiger partial charge in [-0.25, -0.2) is 9.37 Å². The largest absolute Gasteiger partial charge is 0.347 e. The first-order valence-electron chi connectivity index (χ1n) is 8.24. The van der Waals surface area contributed by atoms with Crippen molar-refractivity contribution in [1.29, 1.82) is 0 Å². The van der Waals surface area contributed by atoms with E-state index in [0.717, 1.165) is 22.2 Å². The number of halogens is 1. The maximum absolute atomic E-state index is 13.0. The zero-order chi connectivity index (χ0) is 17.9. The molecule has 0 bridgehead atoms. The second-order valence-corrected chi connectivity index (χ2v) is 6.77. The fourth-order valence-electron chi connectivity index (χ4n) is 2.82. The van der Waals surface area contributed by atoms with Crippen LogP contribution < -0.4 is 5.32 Å². The molecule has 130 valence electrons. The number of amides is 1. The first-order chi connectivity index (χ1) is 12.7. The van der Waals surface area contributed by atoms with E-state index >= 15 is 0 Å². The number of aryl methyl sites for hydroxylation is 1. The van der Waals surface area contributed by atoms with Crippen molar-refractivity contribution in [2.45, 2.75) is 13.0 Å². The normalized spacial score (nSPS) is 11.0. The van der Waals surface area contributed by atoms with Crippen molar-refractivity contribution in [3.05, 3.63) is 72.0 Å². The zero-order valence-corrected chi connectivity index (χ0v) is 14.7. The lowest BCUT2D eigenvalue weighted by molar-refractivity contribution is -0.116. The van der Waals surface area contributed by atoms with E-state index < -0.39 is 0 Å². The Morgan fingerprint density at radius 1 is 1.12 bits per heavy atom. The third kappa shape index (κ3) is 3.50. The lowest BCUT2D eigenvalue weighted by Gasteiger charge is -2.05. The molecule has 2 heterocycles. The summed E-state index contributed by atoms with van der Waals surface area (Å²) in [5.41, 5.74) is 2.66. The molecular formula is C20H16FN3OS. The molecule has 1 amide bonds. The highest BCUT2D eigenvalue weighted by atomic mass is 32.1. The van der Waals surface area contributed by atoms with Gasteiger partial charge in [-0.1, -0.05) is 18.2 Å². The van der Waals surface area contributed by atoms with E-state index in [1.165, 1.54) is 23.5 Å². The number of rotatable bonds is 5. The molecule has 0 aliphatic carbocycles. The minimum absolute atomic E-state index is 0.0808. The molecule has 2 aromatic heterocycles. The van der Waals surface area contributed by atoms with Crippen molar-refractivity contribution in [3.8, 4) is 11.3 Å². The number of anilines is 1. The van der Waals surface area contributed by atoms with E-state index in [-0.39, 0.29) is 11.7 Å². The summed E-state index contributed by atoms with van der Waals surface area (Å²) in [4.78, 5) is 16.6. The third-order valence-electron chi connectivity index (χ3n) is 4.15. The van der Waals surface area contributed by atoms with Crippen LogP contribution in [-0.2, 0) is 11.3 Å². The van der Waals surface area contributed by atoms with E-state index in [1.54, 1.807) is 12.1 Å². The van der Waals surface area contributed by atoms with E-state index in [2.05, 4.69) is 20.9 Å². The number of nitrogens with zero attached hydrogens (tertiary/aromatic N) is 2. The van der Waals surface area contributed by atoms with Gasteiger partial charge >= 0.3 is 0 Å². The molecule has 26 heavy (non-hydrogen) atoms. The number of fused-ring (bicyclic) bond motifs is 1. The molecular weight excluding hydrogens is 349 g/mol. The Hall–Kier alpha value is -2.99. The SMILES string of the molecule is O=C(CCn1ccc2ccccc21)Nc1nc(-c2ccc(F)cc2)cs1. The number of nitrogens with one attached hydrogen (secondary N) is 1. The van der Waals surface area contributed by atoms with Gasteiger partial charge in [-0.2, -0.15) is 0 Å². The van der Waals surface area contributed by atoms with Crippen LogP contribution in [0.1, 0.15) is 6.42 Å². The maximum atomic E-state index is 13.0. The van der Waals surface area contributed by atoms with Crippen molar-refractivity contribution in [2.75, 3.05) is 5.32 Å². The Kier molecular flexibility index (Phi) is 4.50. The smallest absolute Gasteiger partial charge is 0.227 e. The number of benzene rings is 2. The van der Waals surface area contributed by atoms with Crippen molar-refractivity contribution in [3.63, 3.8) is 0 Å². The van der Waals surface area contributed by atoms with Crippen LogP contribution in [0.25, 0.3) is 22.2 Å². The Balaban J connectivity index is 1.38. The highest BCUT2D eigenvalue weighted by Gasteiger charge is 2.09. The Morgan fingerprint density at radius 2 is 1.92 bits per heavy atom. The molecule has 0 saturated heterocycles. The standard InChI is InChI=1S/C20H16FN3OS/c21-16-7-5-14(6-8-16)17-13-26-20(22-17)23-19(25)10-12-24-11-9-15-3-1-2-4-18(15)24/h1-9,11,13H,10,12H2,(H,22,23,25). The van der Waals surface area contributed by atoms with Crippen LogP contribution in [0.4, 0.5) is 9.52 Å². The van der Waals surface area contributed by atoms with Crippen LogP contribution >= 0.6 is 11.3 Å². The molecule has 2 aromatic carbocycles. The number of thiazole rings is 1. The molecule has 0 aliphatic rings. The van der Waals surface area contributed by atoms with Crippen LogP contribution in [0.2, 0.25) is 0 Å². The molecule has 4 rings (SSSR count). The van der Waals surface area contributed by atoms with Crippen LogP contribution in [-0.4, -0.2) is 15.5 Å². The fourth-order valence-corrected chi connectivity index (χ4v) is 3.56. The first-order valence-corrected chi connectivity index (χ1v) is 9.12. The van der Waals surface area contributed by atoms with E-state index in [0.29, 0.717) is 18.1 Å². The quantitative estimate of drug-likeness (QED) is 0.545. The van der Waals surface area contributed by atoms with Crippen LogP contribution in [0.3, 0.4) is 0 Å². The molecule has 0 atom stereocenters. The molecule has 0 unspecified atom stereocenters. The zero-order valence-electron chi connectivity index (χ0n) is 13.9. The van der Waals surface area contributed by atoms with Crippen molar-refractivity contribution in [1.82, 2.24) is 9.55 Å². The van der Waals surface area contributed by atoms with E-state index in [9.17, 15) is 9.18 Å². The maximum Gasteiger partial charge on any atom is 0.227 e. The number of para-hydroxylation sites is 1. The topological polar surface area (TPSA) is 46.9 Å². The second kappa shape index (κ2) is 7.09. The van der Waals surface area contributed by atoms with Gasteiger partial charge in [0.05, 0.1) is 5.69 Å². The summed E-state index contributed by atoms with van der Waals surface area (Å²) in [6.07, 6.45) is 2.36. The van der Waals surface area contributed by atoms with Crippen molar-refractivity contribution >= 4 is 33.3 Å². The number of carbonyl (C=O) groups excluding carboxylic acids is 1. The number of aromatic nitrogens is 2. The van der Waals surface area contributed by atoms with Gasteiger partial charge < -0.3 is 9.88 Å². The average molecular weight is 365 g/mol. The molecule has 0 fully saturated rings. The van der Waals surface area contributed by atoms with Gasteiger partial charge in [0.15, 0.2) is 5.13 Å². The van der Waals surface area contributed by atoms with Gasteiger partial charge in [-0.05, 0) is 41.8 Å². The molecule has 0 radical (unpaired) electrons. The molecule has 6 heteroatoms. The van der Waals surface area contributed by atoms with Gasteiger partial charge in [0.2, 0.25) is 5.91 Å². The second-order valence-electron chi connectivity index (χ2n) is 5.91. The van der Waals surface area contributed by atoms with Gasteiger partial charge in [0, 0.05) is 35.6 Å². The number of carbonyl (C=O) groups is 1. The van der Waals surface area contributed by atoms with E-state index in [1.807, 2.05) is 35.8 Å². The monoisotopic (exact) mass is 365 g/mol. The Bertz CT molecular complexity index is 1050. The highest BCUT2D eigenvalue weighted by molar-refractivity contribution is 7.14. The fraction of sp³-hybridized carbons (Fsp3) is 0.100. The summed E-state index contributed by atoms with van der Waals surface area (Å²) in [5, 5.41) is 6.40. The van der Waals surface area contributed by atoms with Gasteiger partial charge in [-0.3, -0.25) is 4.79 Å². The van der Waals surface area contributed by atoms with E-state index in [4.69, 9.17) is 0 Å². The summed E-state index contributed by atoms with van der Waals surface area (Å²) < 4.78 is 15.1. The Morgan fingerprint density at radius 3 is 2.77 bits per heavy atom. The highest BCUT2D eigenvalue weighted by Crippen LogP contribution is 2.25. The molecule has 4 aromatic rings. The molecule has 0 aliphatic heterocycles. The molecule has 0 spiro atoms. The molecule has 0 saturated carbocycles. The van der Waals surface area contributed by atoms with Crippen LogP contribution in [0.5, 0.6) is 0 Å². The van der Waals surface area contributed by atoms with Gasteiger partial charge in [-0.15, -0.1) is 11.3 Å². The van der Waals surface area contributed by atoms with Gasteiger partial charge in [0.25, 0.3) is 0 Å². The van der Waals surface area contributed by atoms with Crippen LogP contribution in [0, 0.1) is 5.82 Å². The number of hydrogen-bond acceptors (Lipinski definition) is 3. The number of hydrogen-bond donors (Lipinski definition) is 1. The Labute approximate surface area is 153 Å². The van der Waals surface area contributed by atoms with Crippen LogP contribution in [0.15, 0.2) is 66.2 Å². The van der Waals surface area contributed by atoms with Crippen molar-refractivity contribution in [2.24, 2.45) is 0 Å². The average Bonchev–Trinajstić information content (AvgIpc) is 3.28. The third-order valence-corrected chi connectivity index (χ3v) is 4.91. The summed E-state index contributed by atoms with van der Waals surface area (Å²) in [6.45, 7) is 0.607. The molecule has 4 nitrogen and oxygen atoms in total. The van der Waals surface area contributed by atoms with Gasteiger partial charge in [0.1, 0.15) is 5.82 Å². The van der Waals surface area contributed by atoms with Crippen molar-refractivity contribution < 1.29 is 9.18 Å². The lowest BCUT2D eigenvalue weighted by atomic mass is 10.2. The summed E-state index contributed by atoms with van der Waals surface area (Å²) in [6, 6.07) is 16.3. The lowest BCUT2D eigenvalue weighted by Crippen LogP contribution is -2.14. The predicted octanol–water partition coefficient (Wildman–Crippen LogP) is 4.93. The summed E-state index contributed by atoms with van der Waals surface area (Å²) >= 11 is 1.36. The molecule has 1 N–H and O–H groups in total. The summed E-state index contributed by atoms with van der Waals surface area (Å²) in [5.74, 6) is -0.363. The minimum atomic E-state index is -0.282. The predicted molar refractivity (Wildman–Crippen MR) is 103 cm³/mol. The minimum Gasteiger partial charge on any atom is -0.347 e. The first kappa shape index (κ1) is 16.5.